The minimum atomic E-state index is -0.742. The molecule has 27 heavy (non-hydrogen) atoms. The number of hydrogen-bond acceptors (Lipinski definition) is 6. The van der Waals surface area contributed by atoms with Gasteiger partial charge in [0.2, 0.25) is 0 Å². The van der Waals surface area contributed by atoms with Crippen LogP contribution in [0.1, 0.15) is 62.3 Å². The van der Waals surface area contributed by atoms with Gasteiger partial charge in [-0.25, -0.2) is 14.6 Å². The number of carbonyl (C=O) groups is 2. The van der Waals surface area contributed by atoms with Crippen molar-refractivity contribution in [3.63, 3.8) is 0 Å². The van der Waals surface area contributed by atoms with Gasteiger partial charge in [-0.15, -0.1) is 0 Å². The van der Waals surface area contributed by atoms with Gasteiger partial charge in [0.15, 0.2) is 0 Å². The van der Waals surface area contributed by atoms with Gasteiger partial charge in [-0.1, -0.05) is 30.3 Å². The van der Waals surface area contributed by atoms with Crippen LogP contribution in [0.25, 0.3) is 11.1 Å². The van der Waals surface area contributed by atoms with E-state index >= 15 is 0 Å². The molecule has 0 atom stereocenters. The van der Waals surface area contributed by atoms with E-state index in [1.807, 2.05) is 18.2 Å². The lowest BCUT2D eigenvalue weighted by atomic mass is 9.96. The molecule has 1 heterocycles. The number of rotatable bonds is 3. The lowest BCUT2D eigenvalue weighted by molar-refractivity contribution is 0.00189. The highest BCUT2D eigenvalue weighted by Gasteiger charge is 2.31. The molecule has 2 aromatic rings. The van der Waals surface area contributed by atoms with E-state index in [2.05, 4.69) is 4.98 Å². The fourth-order valence-corrected chi connectivity index (χ4v) is 2.45. The fraction of sp³-hybridized carbons (Fsp3) is 0.381. The Kier molecular flexibility index (Phi) is 5.59. The standard InChI is InChI=1S/C21H26N2O4/c1-20(2,3)26-18(24)14-12-23-17(22)15(13-10-8-7-9-11-13)16(14)19(25)27-21(4,5)6/h7-12H,1-6H3,(H2,22,23). The number of nitrogens with zero attached hydrogens (tertiary/aromatic N) is 1. The van der Waals surface area contributed by atoms with Crippen molar-refractivity contribution in [3.8, 4) is 11.1 Å². The number of benzene rings is 1. The van der Waals surface area contributed by atoms with Crippen molar-refractivity contribution in [2.75, 3.05) is 5.73 Å². The number of hydrogen-bond donors (Lipinski definition) is 1. The maximum absolute atomic E-state index is 13.0. The number of esters is 2. The summed E-state index contributed by atoms with van der Waals surface area (Å²) in [6.45, 7) is 10.5. The van der Waals surface area contributed by atoms with Gasteiger partial charge in [0, 0.05) is 11.8 Å². The number of carbonyl (C=O) groups excluding carboxylic acids is 2. The van der Waals surface area contributed by atoms with Gasteiger partial charge < -0.3 is 15.2 Å². The largest absolute Gasteiger partial charge is 0.456 e. The summed E-state index contributed by atoms with van der Waals surface area (Å²) in [5, 5.41) is 0. The maximum Gasteiger partial charge on any atom is 0.341 e. The smallest absolute Gasteiger partial charge is 0.341 e. The molecule has 6 nitrogen and oxygen atoms in total. The first-order valence-electron chi connectivity index (χ1n) is 8.69. The van der Waals surface area contributed by atoms with Crippen molar-refractivity contribution in [1.29, 1.82) is 0 Å². The summed E-state index contributed by atoms with van der Waals surface area (Å²) in [6, 6.07) is 9.06. The Morgan fingerprint density at radius 2 is 1.41 bits per heavy atom. The first-order chi connectivity index (χ1) is 12.4. The monoisotopic (exact) mass is 370 g/mol. The Balaban J connectivity index is 2.71. The second-order valence-corrected chi connectivity index (χ2v) is 8.18. The Hall–Kier alpha value is -2.89. The van der Waals surface area contributed by atoms with Crippen molar-refractivity contribution in [2.45, 2.75) is 52.7 Å². The quantitative estimate of drug-likeness (QED) is 0.813. The fourth-order valence-electron chi connectivity index (χ4n) is 2.45. The molecule has 144 valence electrons. The van der Waals surface area contributed by atoms with Crippen LogP contribution < -0.4 is 5.73 Å². The van der Waals surface area contributed by atoms with Gasteiger partial charge in [0.25, 0.3) is 0 Å². The van der Waals surface area contributed by atoms with E-state index in [0.29, 0.717) is 11.1 Å². The third-order valence-electron chi connectivity index (χ3n) is 3.39. The van der Waals surface area contributed by atoms with E-state index in [0.717, 1.165) is 0 Å². The summed E-state index contributed by atoms with van der Waals surface area (Å²) in [5.41, 5.74) is 5.70. The molecule has 0 unspecified atom stereocenters. The van der Waals surface area contributed by atoms with Crippen LogP contribution in [-0.4, -0.2) is 28.1 Å². The predicted molar refractivity (Wildman–Crippen MR) is 104 cm³/mol. The molecule has 2 rings (SSSR count). The highest BCUT2D eigenvalue weighted by Crippen LogP contribution is 2.33. The second kappa shape index (κ2) is 7.39. The zero-order chi connectivity index (χ0) is 20.4. The van der Waals surface area contributed by atoms with Crippen LogP contribution >= 0.6 is 0 Å². The summed E-state index contributed by atoms with van der Waals surface area (Å²) in [5.74, 6) is -1.18. The van der Waals surface area contributed by atoms with Crippen LogP contribution in [0.5, 0.6) is 0 Å². The minimum absolute atomic E-state index is 0.0206. The van der Waals surface area contributed by atoms with Gasteiger partial charge in [0.05, 0.1) is 11.1 Å². The lowest BCUT2D eigenvalue weighted by Gasteiger charge is -2.24. The summed E-state index contributed by atoms with van der Waals surface area (Å²) in [7, 11) is 0. The van der Waals surface area contributed by atoms with Crippen molar-refractivity contribution < 1.29 is 19.1 Å². The molecule has 0 saturated carbocycles. The third-order valence-corrected chi connectivity index (χ3v) is 3.39. The molecule has 0 aliphatic heterocycles. The van der Waals surface area contributed by atoms with Crippen molar-refractivity contribution in [3.05, 3.63) is 47.7 Å². The number of ether oxygens (including phenoxy) is 2. The average Bonchev–Trinajstić information content (AvgIpc) is 2.51. The van der Waals surface area contributed by atoms with E-state index in [-0.39, 0.29) is 16.9 Å². The van der Waals surface area contributed by atoms with E-state index in [4.69, 9.17) is 15.2 Å². The van der Waals surface area contributed by atoms with Gasteiger partial charge in [-0.3, -0.25) is 0 Å². The number of aromatic nitrogens is 1. The van der Waals surface area contributed by atoms with Crippen LogP contribution in [0.3, 0.4) is 0 Å². The topological polar surface area (TPSA) is 91.5 Å². The van der Waals surface area contributed by atoms with E-state index in [1.54, 1.807) is 53.7 Å². The van der Waals surface area contributed by atoms with E-state index in [9.17, 15) is 9.59 Å². The van der Waals surface area contributed by atoms with Gasteiger partial charge in [-0.2, -0.15) is 0 Å². The van der Waals surface area contributed by atoms with Crippen LogP contribution in [0.2, 0.25) is 0 Å². The van der Waals surface area contributed by atoms with Gasteiger partial charge in [-0.05, 0) is 47.1 Å². The highest BCUT2D eigenvalue weighted by molar-refractivity contribution is 6.09. The summed E-state index contributed by atoms with van der Waals surface area (Å²) in [6.07, 6.45) is 1.26. The van der Waals surface area contributed by atoms with Crippen molar-refractivity contribution >= 4 is 17.8 Å². The predicted octanol–water partition coefficient (Wildman–Crippen LogP) is 4.24. The number of nitrogen functional groups attached to an aromatic ring is 1. The highest BCUT2D eigenvalue weighted by atomic mass is 16.6. The summed E-state index contributed by atoms with van der Waals surface area (Å²) >= 11 is 0. The second-order valence-electron chi connectivity index (χ2n) is 8.18. The zero-order valence-electron chi connectivity index (χ0n) is 16.6. The maximum atomic E-state index is 13.0. The van der Waals surface area contributed by atoms with Crippen molar-refractivity contribution in [1.82, 2.24) is 4.98 Å². The zero-order valence-corrected chi connectivity index (χ0v) is 16.6. The normalized spacial score (nSPS) is 11.8. The Bertz CT molecular complexity index is 847. The molecule has 6 heteroatoms. The number of nitrogens with two attached hydrogens (primary N) is 1. The Morgan fingerprint density at radius 1 is 0.889 bits per heavy atom. The van der Waals surface area contributed by atoms with Crippen LogP contribution in [0.15, 0.2) is 36.5 Å². The molecule has 0 amide bonds. The molecule has 2 N–H and O–H groups in total. The minimum Gasteiger partial charge on any atom is -0.456 e. The van der Waals surface area contributed by atoms with E-state index < -0.39 is 23.1 Å². The molecule has 0 saturated heterocycles. The SMILES string of the molecule is CC(C)(C)OC(=O)c1cnc(N)c(-c2ccccc2)c1C(=O)OC(C)(C)C. The molecule has 0 bridgehead atoms. The molecular weight excluding hydrogens is 344 g/mol. The summed E-state index contributed by atoms with van der Waals surface area (Å²) < 4.78 is 11.0. The Labute approximate surface area is 159 Å². The van der Waals surface area contributed by atoms with Crippen LogP contribution in [0, 0.1) is 0 Å². The third kappa shape index (κ3) is 5.29. The van der Waals surface area contributed by atoms with Crippen molar-refractivity contribution in [2.24, 2.45) is 0 Å². The molecule has 0 aliphatic rings. The molecular formula is C21H26N2O4. The molecule has 0 radical (unpaired) electrons. The Morgan fingerprint density at radius 3 is 1.93 bits per heavy atom. The van der Waals surface area contributed by atoms with E-state index in [1.165, 1.54) is 6.20 Å². The molecule has 1 aromatic carbocycles. The first kappa shape index (κ1) is 20.4. The van der Waals surface area contributed by atoms with Gasteiger partial charge >= 0.3 is 11.9 Å². The molecule has 0 aliphatic carbocycles. The molecule has 0 fully saturated rings. The lowest BCUT2D eigenvalue weighted by Crippen LogP contribution is -2.28. The number of pyridine rings is 1. The molecule has 0 spiro atoms. The van der Waals surface area contributed by atoms with Crippen LogP contribution in [0.4, 0.5) is 5.82 Å². The average molecular weight is 370 g/mol. The first-order valence-corrected chi connectivity index (χ1v) is 8.69. The molecule has 1 aromatic heterocycles. The summed E-state index contributed by atoms with van der Waals surface area (Å²) in [4.78, 5) is 29.8. The number of anilines is 1. The van der Waals surface area contributed by atoms with Crippen LogP contribution in [-0.2, 0) is 9.47 Å². The van der Waals surface area contributed by atoms with Gasteiger partial charge in [0.1, 0.15) is 17.0 Å².